The Kier molecular flexibility index (Phi) is 575. The van der Waals surface area contributed by atoms with Crippen molar-refractivity contribution in [3.05, 3.63) is 0 Å². The summed E-state index contributed by atoms with van der Waals surface area (Å²) in [4.78, 5) is 25.7. The average Bonchev–Trinajstić information content (AvgIpc) is 1.54. The maximum Gasteiger partial charge on any atom is 0.503 e. The summed E-state index contributed by atoms with van der Waals surface area (Å²) in [7, 11) is 0. The van der Waals surface area contributed by atoms with E-state index in [0.717, 1.165) is 0 Å². The van der Waals surface area contributed by atoms with Gasteiger partial charge in [0, 0.05) is 71.2 Å². The summed E-state index contributed by atoms with van der Waals surface area (Å²) in [6.07, 6.45) is -5.50. The SMILES string of the molecule is O.O.O.O.O.O.O.O.O=C(O)O.O=C(O)O.O=C(O)O.[La].[La]. The molecule has 0 aromatic heterocycles. The van der Waals surface area contributed by atoms with Gasteiger partial charge in [-0.05, 0) is 0 Å². The van der Waals surface area contributed by atoms with E-state index in [-0.39, 0.29) is 115 Å². The van der Waals surface area contributed by atoms with E-state index in [1.54, 1.807) is 0 Å². The topological polar surface area (TPSA) is 425 Å². The zero-order chi connectivity index (χ0) is 10.7. The molecule has 0 bridgehead atoms. The van der Waals surface area contributed by atoms with Gasteiger partial charge in [-0.1, -0.05) is 0 Å². The van der Waals surface area contributed by atoms with E-state index in [0.29, 0.717) is 0 Å². The summed E-state index contributed by atoms with van der Waals surface area (Å²) in [6.45, 7) is 0. The second-order valence-electron chi connectivity index (χ2n) is 0.848. The maximum absolute atomic E-state index is 8.56. The van der Waals surface area contributed by atoms with Gasteiger partial charge >= 0.3 is 18.5 Å². The number of carbonyl (C=O) groups is 3. The molecule has 0 saturated carbocycles. The van der Waals surface area contributed by atoms with Gasteiger partial charge < -0.3 is 74.4 Å². The Hall–Kier alpha value is -0.120. The predicted molar refractivity (Wildman–Crippen MR) is 60.9 cm³/mol. The molecule has 0 aliphatic heterocycles. The number of carboxylic acid groups (broad SMARTS) is 6. The van der Waals surface area contributed by atoms with Gasteiger partial charge in [-0.3, -0.25) is 0 Å². The number of hydrogen-bond donors (Lipinski definition) is 6. The van der Waals surface area contributed by atoms with Crippen LogP contribution in [0.4, 0.5) is 14.4 Å². The fourth-order valence-electron chi connectivity index (χ4n) is 0. The molecule has 142 valence electrons. The zero-order valence-electron chi connectivity index (χ0n) is 10.6. The third-order valence-electron chi connectivity index (χ3n) is 0. The second-order valence-corrected chi connectivity index (χ2v) is 0.848. The van der Waals surface area contributed by atoms with E-state index in [1.165, 1.54) is 0 Å². The maximum atomic E-state index is 8.56. The van der Waals surface area contributed by atoms with Crippen molar-refractivity contribution in [2.75, 3.05) is 0 Å². The summed E-state index contributed by atoms with van der Waals surface area (Å²) >= 11 is 0. The van der Waals surface area contributed by atoms with Crippen molar-refractivity contribution in [2.45, 2.75) is 0 Å². The van der Waals surface area contributed by atoms with Crippen molar-refractivity contribution in [1.82, 2.24) is 0 Å². The van der Waals surface area contributed by atoms with Gasteiger partial charge in [0.05, 0.1) is 0 Å². The fourth-order valence-corrected chi connectivity index (χ4v) is 0. The normalized spacial score (nSPS) is 3.27. The molecule has 0 saturated heterocycles. The molecule has 0 aliphatic rings. The van der Waals surface area contributed by atoms with Gasteiger partial charge in [-0.15, -0.1) is 0 Å². The Morgan fingerprint density at radius 2 is 0.364 bits per heavy atom. The van der Waals surface area contributed by atoms with Crippen molar-refractivity contribution >= 4 is 18.5 Å². The summed E-state index contributed by atoms with van der Waals surface area (Å²) in [5.74, 6) is 0. The van der Waals surface area contributed by atoms with Gasteiger partial charge in [0.2, 0.25) is 0 Å². The van der Waals surface area contributed by atoms with E-state index in [4.69, 9.17) is 45.0 Å². The largest absolute Gasteiger partial charge is 0.503 e. The first-order valence-electron chi connectivity index (χ1n) is 1.95. The van der Waals surface area contributed by atoms with E-state index in [1.807, 2.05) is 0 Å². The Labute approximate surface area is 177 Å². The molecular formula is C3H22La2O17. The van der Waals surface area contributed by atoms with Crippen molar-refractivity contribution in [2.24, 2.45) is 0 Å². The predicted octanol–water partition coefficient (Wildman–Crippen LogP) is -5.93. The molecular weight excluding hydrogens is 586 g/mol. The molecule has 22 heavy (non-hydrogen) atoms. The minimum atomic E-state index is -1.83. The van der Waals surface area contributed by atoms with Gasteiger partial charge in [-0.25, -0.2) is 14.4 Å². The van der Waals surface area contributed by atoms with Gasteiger partial charge in [-0.2, -0.15) is 0 Å². The van der Waals surface area contributed by atoms with Crippen LogP contribution in [0.15, 0.2) is 0 Å². The first-order chi connectivity index (χ1) is 5.20. The van der Waals surface area contributed by atoms with Crippen LogP contribution in [0.1, 0.15) is 0 Å². The van der Waals surface area contributed by atoms with Gasteiger partial charge in [0.25, 0.3) is 0 Å². The molecule has 0 aromatic carbocycles. The van der Waals surface area contributed by atoms with Crippen LogP contribution in [0.3, 0.4) is 0 Å². The van der Waals surface area contributed by atoms with Crippen LogP contribution in [0.5, 0.6) is 0 Å². The average molecular weight is 608 g/mol. The first-order valence-corrected chi connectivity index (χ1v) is 1.95. The van der Waals surface area contributed by atoms with Gasteiger partial charge in [0.1, 0.15) is 0 Å². The van der Waals surface area contributed by atoms with Crippen LogP contribution < -0.4 is 0 Å². The Morgan fingerprint density at radius 3 is 0.364 bits per heavy atom. The molecule has 0 amide bonds. The first kappa shape index (κ1) is 121. The molecule has 0 heterocycles. The molecule has 0 spiro atoms. The van der Waals surface area contributed by atoms with Crippen LogP contribution in [0, 0.1) is 71.2 Å². The third-order valence-corrected chi connectivity index (χ3v) is 0. The van der Waals surface area contributed by atoms with Crippen LogP contribution in [0.2, 0.25) is 0 Å². The molecule has 0 aromatic rings. The Balaban J connectivity index is -0.00000000409. The molecule has 2 radical (unpaired) electrons. The van der Waals surface area contributed by atoms with Crippen molar-refractivity contribution in [3.8, 4) is 0 Å². The third kappa shape index (κ3) is 489000. The molecule has 0 fully saturated rings. The minimum absolute atomic E-state index is 0. The van der Waals surface area contributed by atoms with Crippen LogP contribution >= 0.6 is 0 Å². The van der Waals surface area contributed by atoms with Crippen LogP contribution in [-0.2, 0) is 0 Å². The van der Waals surface area contributed by atoms with E-state index in [2.05, 4.69) is 0 Å². The molecule has 0 aliphatic carbocycles. The Bertz CT molecular complexity index is 119. The van der Waals surface area contributed by atoms with Crippen LogP contribution in [0.25, 0.3) is 0 Å². The minimum Gasteiger partial charge on any atom is -0.450 e. The second kappa shape index (κ2) is 105. The Morgan fingerprint density at radius 1 is 0.364 bits per heavy atom. The molecule has 0 atom stereocenters. The van der Waals surface area contributed by atoms with E-state index >= 15 is 0 Å². The van der Waals surface area contributed by atoms with E-state index < -0.39 is 18.5 Å². The molecule has 17 nitrogen and oxygen atoms in total. The van der Waals surface area contributed by atoms with E-state index in [9.17, 15) is 0 Å². The summed E-state index contributed by atoms with van der Waals surface area (Å²) in [5.41, 5.74) is 0. The summed E-state index contributed by atoms with van der Waals surface area (Å²) < 4.78 is 0. The summed E-state index contributed by atoms with van der Waals surface area (Å²) in [5, 5.41) is 41.8. The molecule has 22 N–H and O–H groups in total. The summed E-state index contributed by atoms with van der Waals surface area (Å²) in [6, 6.07) is 0. The zero-order valence-corrected chi connectivity index (χ0v) is 17.8. The standard InChI is InChI=1S/3CH2O3.2La.8H2O/c3*2-1(3)4;;;;;;;;;;/h3*(H2,2,3,4);;;8*1H2. The molecule has 0 rings (SSSR count). The number of hydrogen-bond acceptors (Lipinski definition) is 3. The molecule has 19 heteroatoms. The van der Waals surface area contributed by atoms with Crippen molar-refractivity contribution < 1.29 is 160 Å². The van der Waals surface area contributed by atoms with Crippen molar-refractivity contribution in [1.29, 1.82) is 0 Å². The monoisotopic (exact) mass is 608 g/mol. The number of rotatable bonds is 0. The fraction of sp³-hybridized carbons (Fsp3) is 0. The van der Waals surface area contributed by atoms with Gasteiger partial charge in [0.15, 0.2) is 0 Å². The quantitative estimate of drug-likeness (QED) is 0.152. The smallest absolute Gasteiger partial charge is 0.450 e. The van der Waals surface area contributed by atoms with Crippen molar-refractivity contribution in [3.63, 3.8) is 0 Å². The molecule has 0 unspecified atom stereocenters. The van der Waals surface area contributed by atoms with Crippen LogP contribution in [-0.4, -0.2) is 92.9 Å².